The molecule has 0 fully saturated rings. The van der Waals surface area contributed by atoms with Crippen LogP contribution < -0.4 is 10.6 Å². The zero-order chi connectivity index (χ0) is 26.6. The lowest BCUT2D eigenvalue weighted by Crippen LogP contribution is -2.40. The average Bonchev–Trinajstić information content (AvgIpc) is 3.24. The van der Waals surface area contributed by atoms with E-state index >= 15 is 0 Å². The van der Waals surface area contributed by atoms with Gasteiger partial charge in [0.1, 0.15) is 12.1 Å². The van der Waals surface area contributed by atoms with Crippen molar-refractivity contribution in [2.45, 2.75) is 52.5 Å². The van der Waals surface area contributed by atoms with E-state index in [0.717, 1.165) is 18.7 Å². The SMILES string of the molecule is CC(C)N(CCNc1nc(Nc2ccncn2)nc2c1ncn2Cc1ccc(C(F)(F)F)cc1)C(C)C. The Bertz CT molecular complexity index is 1290. The van der Waals surface area contributed by atoms with Gasteiger partial charge in [-0.25, -0.2) is 15.0 Å². The minimum Gasteiger partial charge on any atom is -0.367 e. The maximum absolute atomic E-state index is 13.0. The first kappa shape index (κ1) is 26.3. The van der Waals surface area contributed by atoms with Crippen LogP contribution in [0.2, 0.25) is 0 Å². The molecule has 0 unspecified atom stereocenters. The fraction of sp³-hybridized carbons (Fsp3) is 0.400. The molecule has 0 radical (unpaired) electrons. The third kappa shape index (κ3) is 6.50. The van der Waals surface area contributed by atoms with Gasteiger partial charge in [0.25, 0.3) is 0 Å². The summed E-state index contributed by atoms with van der Waals surface area (Å²) >= 11 is 0. The van der Waals surface area contributed by atoms with Crippen LogP contribution in [0.15, 0.2) is 49.2 Å². The maximum Gasteiger partial charge on any atom is 0.416 e. The topological polar surface area (TPSA) is 96.7 Å². The van der Waals surface area contributed by atoms with Crippen LogP contribution in [0.3, 0.4) is 0 Å². The van der Waals surface area contributed by atoms with E-state index in [9.17, 15) is 13.2 Å². The second-order valence-corrected chi connectivity index (χ2v) is 9.21. The van der Waals surface area contributed by atoms with Crippen LogP contribution in [0.25, 0.3) is 11.2 Å². The number of nitrogens with zero attached hydrogens (tertiary/aromatic N) is 7. The molecule has 0 aliphatic heterocycles. The third-order valence-electron chi connectivity index (χ3n) is 5.91. The number of hydrogen-bond acceptors (Lipinski definition) is 8. The predicted octanol–water partition coefficient (Wildman–Crippen LogP) is 4.96. The molecule has 196 valence electrons. The van der Waals surface area contributed by atoms with Gasteiger partial charge in [-0.1, -0.05) is 12.1 Å². The van der Waals surface area contributed by atoms with Crippen LogP contribution in [0.4, 0.5) is 30.8 Å². The van der Waals surface area contributed by atoms with Gasteiger partial charge in [-0.15, -0.1) is 0 Å². The van der Waals surface area contributed by atoms with Gasteiger partial charge >= 0.3 is 6.18 Å². The first-order valence-electron chi connectivity index (χ1n) is 12.0. The van der Waals surface area contributed by atoms with Crippen molar-refractivity contribution in [3.05, 3.63) is 60.3 Å². The Morgan fingerprint density at radius 1 is 0.973 bits per heavy atom. The lowest BCUT2D eigenvalue weighted by atomic mass is 10.1. The van der Waals surface area contributed by atoms with Crippen molar-refractivity contribution < 1.29 is 13.2 Å². The summed E-state index contributed by atoms with van der Waals surface area (Å²) in [4.78, 5) is 24.2. The normalized spacial score (nSPS) is 12.2. The first-order chi connectivity index (χ1) is 17.6. The van der Waals surface area contributed by atoms with E-state index in [0.29, 0.717) is 59.5 Å². The molecule has 0 aliphatic rings. The Kier molecular flexibility index (Phi) is 7.86. The Balaban J connectivity index is 1.63. The summed E-state index contributed by atoms with van der Waals surface area (Å²) in [6.07, 6.45) is 0.261. The van der Waals surface area contributed by atoms with E-state index < -0.39 is 11.7 Å². The lowest BCUT2D eigenvalue weighted by Gasteiger charge is -2.30. The lowest BCUT2D eigenvalue weighted by molar-refractivity contribution is -0.137. The van der Waals surface area contributed by atoms with E-state index in [-0.39, 0.29) is 0 Å². The highest BCUT2D eigenvalue weighted by atomic mass is 19.4. The largest absolute Gasteiger partial charge is 0.416 e. The summed E-state index contributed by atoms with van der Waals surface area (Å²) in [5.41, 5.74) is 1.11. The molecule has 4 aromatic rings. The molecular formula is C25H30F3N9. The first-order valence-corrected chi connectivity index (χ1v) is 12.0. The number of alkyl halides is 3. The van der Waals surface area contributed by atoms with Gasteiger partial charge in [-0.3, -0.25) is 4.90 Å². The number of benzene rings is 1. The number of aromatic nitrogens is 6. The quantitative estimate of drug-likeness (QED) is 0.307. The second kappa shape index (κ2) is 11.1. The van der Waals surface area contributed by atoms with Gasteiger partial charge < -0.3 is 15.2 Å². The third-order valence-corrected chi connectivity index (χ3v) is 5.91. The van der Waals surface area contributed by atoms with E-state index in [1.54, 1.807) is 23.2 Å². The zero-order valence-corrected chi connectivity index (χ0v) is 21.2. The van der Waals surface area contributed by atoms with Crippen LogP contribution in [-0.2, 0) is 12.7 Å². The molecule has 3 heterocycles. The molecule has 0 atom stereocenters. The van der Waals surface area contributed by atoms with E-state index in [2.05, 4.69) is 68.1 Å². The van der Waals surface area contributed by atoms with Crippen LogP contribution in [-0.4, -0.2) is 59.6 Å². The number of nitrogens with one attached hydrogen (secondary N) is 2. The summed E-state index contributed by atoms with van der Waals surface area (Å²) in [6, 6.07) is 7.56. The van der Waals surface area contributed by atoms with Crippen LogP contribution in [0, 0.1) is 0 Å². The molecular weight excluding hydrogens is 483 g/mol. The smallest absolute Gasteiger partial charge is 0.367 e. The molecule has 0 amide bonds. The molecule has 0 spiro atoms. The maximum atomic E-state index is 13.0. The fourth-order valence-electron chi connectivity index (χ4n) is 4.13. The molecule has 3 aromatic heterocycles. The summed E-state index contributed by atoms with van der Waals surface area (Å²) in [5.74, 6) is 1.40. The van der Waals surface area contributed by atoms with Crippen molar-refractivity contribution in [3.8, 4) is 0 Å². The monoisotopic (exact) mass is 513 g/mol. The Morgan fingerprint density at radius 2 is 1.70 bits per heavy atom. The van der Waals surface area contributed by atoms with Crippen molar-refractivity contribution in [2.24, 2.45) is 0 Å². The number of fused-ring (bicyclic) bond motifs is 1. The summed E-state index contributed by atoms with van der Waals surface area (Å²) < 4.78 is 40.6. The van der Waals surface area contributed by atoms with Crippen molar-refractivity contribution in [2.75, 3.05) is 23.7 Å². The Hall–Kier alpha value is -3.80. The summed E-state index contributed by atoms with van der Waals surface area (Å²) in [7, 11) is 0. The van der Waals surface area contributed by atoms with Crippen molar-refractivity contribution in [1.82, 2.24) is 34.4 Å². The van der Waals surface area contributed by atoms with Crippen molar-refractivity contribution in [1.29, 1.82) is 0 Å². The standard InChI is InChI=1S/C25H30F3N9/c1-16(2)37(17(3)4)12-11-30-22-21-23(35-24(34-22)33-20-9-10-29-14-31-20)36(15-32-21)13-18-5-7-19(8-6-18)25(26,27)28/h5-10,14-17H,11-13H2,1-4H3,(H2,29,30,31,33,34,35). The Morgan fingerprint density at radius 3 is 2.32 bits per heavy atom. The molecule has 0 saturated heterocycles. The summed E-state index contributed by atoms with van der Waals surface area (Å²) in [5, 5.41) is 6.48. The molecule has 0 saturated carbocycles. The molecule has 12 heteroatoms. The van der Waals surface area contributed by atoms with E-state index in [4.69, 9.17) is 0 Å². The number of anilines is 3. The minimum atomic E-state index is -4.38. The molecule has 4 rings (SSSR count). The second-order valence-electron chi connectivity index (χ2n) is 9.21. The van der Waals surface area contributed by atoms with Gasteiger partial charge in [0.05, 0.1) is 18.4 Å². The van der Waals surface area contributed by atoms with E-state index in [1.165, 1.54) is 18.5 Å². The van der Waals surface area contributed by atoms with Gasteiger partial charge in [0.15, 0.2) is 17.0 Å². The summed E-state index contributed by atoms with van der Waals surface area (Å²) in [6.45, 7) is 10.4. The van der Waals surface area contributed by atoms with E-state index in [1.807, 2.05) is 0 Å². The minimum absolute atomic E-state index is 0.298. The number of imidazole rings is 1. The van der Waals surface area contributed by atoms with Crippen LogP contribution >= 0.6 is 0 Å². The van der Waals surface area contributed by atoms with Gasteiger partial charge in [-0.05, 0) is 51.5 Å². The Labute approximate surface area is 213 Å². The highest BCUT2D eigenvalue weighted by Gasteiger charge is 2.30. The molecule has 0 bridgehead atoms. The predicted molar refractivity (Wildman–Crippen MR) is 137 cm³/mol. The molecule has 9 nitrogen and oxygen atoms in total. The van der Waals surface area contributed by atoms with Crippen molar-refractivity contribution in [3.63, 3.8) is 0 Å². The van der Waals surface area contributed by atoms with Gasteiger partial charge in [0, 0.05) is 31.4 Å². The zero-order valence-electron chi connectivity index (χ0n) is 21.2. The highest BCUT2D eigenvalue weighted by Crippen LogP contribution is 2.29. The van der Waals surface area contributed by atoms with Crippen LogP contribution in [0.5, 0.6) is 0 Å². The number of hydrogen-bond donors (Lipinski definition) is 2. The van der Waals surface area contributed by atoms with Gasteiger partial charge in [-0.2, -0.15) is 23.1 Å². The molecule has 0 aliphatic carbocycles. The van der Waals surface area contributed by atoms with Gasteiger partial charge in [0.2, 0.25) is 5.95 Å². The van der Waals surface area contributed by atoms with Crippen molar-refractivity contribution >= 4 is 28.7 Å². The molecule has 1 aromatic carbocycles. The number of rotatable bonds is 10. The molecule has 2 N–H and O–H groups in total. The van der Waals surface area contributed by atoms with Crippen LogP contribution in [0.1, 0.15) is 38.8 Å². The fourth-order valence-corrected chi connectivity index (χ4v) is 4.13. The average molecular weight is 514 g/mol. The number of halogens is 3. The molecule has 37 heavy (non-hydrogen) atoms. The highest BCUT2D eigenvalue weighted by molar-refractivity contribution is 5.84.